The van der Waals surface area contributed by atoms with Gasteiger partial charge in [0.1, 0.15) is 5.75 Å². The van der Waals surface area contributed by atoms with E-state index in [1.807, 2.05) is 6.07 Å². The van der Waals surface area contributed by atoms with Gasteiger partial charge in [-0.05, 0) is 30.2 Å². The highest BCUT2D eigenvalue weighted by Gasteiger charge is 2.13. The van der Waals surface area contributed by atoms with Crippen molar-refractivity contribution in [2.45, 2.75) is 6.92 Å². The van der Waals surface area contributed by atoms with Gasteiger partial charge in [0.05, 0.1) is 5.69 Å². The highest BCUT2D eigenvalue weighted by molar-refractivity contribution is 5.97. The number of fused-ring (bicyclic) bond motifs is 2. The number of benzene rings is 2. The minimum absolute atomic E-state index is 0.561. The van der Waals surface area contributed by atoms with E-state index in [-0.39, 0.29) is 0 Å². The van der Waals surface area contributed by atoms with Crippen LogP contribution in [0.4, 0.5) is 5.69 Å². The van der Waals surface area contributed by atoms with Gasteiger partial charge in [0.2, 0.25) is 0 Å². The number of rotatable bonds is 1. The monoisotopic (exact) mass is 250 g/mol. The lowest BCUT2D eigenvalue weighted by Gasteiger charge is -2.03. The third-order valence-corrected chi connectivity index (χ3v) is 3.70. The molecule has 2 N–H and O–H groups in total. The first-order valence-electron chi connectivity index (χ1n) is 6.41. The zero-order valence-corrected chi connectivity index (χ0v) is 10.7. The first kappa shape index (κ1) is 10.5. The summed E-state index contributed by atoms with van der Waals surface area (Å²) in [6, 6.07) is 12.7. The van der Waals surface area contributed by atoms with Crippen molar-refractivity contribution in [1.29, 1.82) is 0 Å². The van der Waals surface area contributed by atoms with E-state index < -0.39 is 0 Å². The maximum atomic E-state index is 5.46. The Kier molecular flexibility index (Phi) is 2.09. The molecule has 0 aliphatic carbocycles. The van der Waals surface area contributed by atoms with Gasteiger partial charge in [0, 0.05) is 22.7 Å². The second kappa shape index (κ2) is 3.79. The van der Waals surface area contributed by atoms with E-state index in [2.05, 4.69) is 53.8 Å². The fraction of sp³-hybridized carbons (Fsp3) is 0.125. The van der Waals surface area contributed by atoms with E-state index >= 15 is 0 Å². The Balaban J connectivity index is 1.93. The molecule has 2 aromatic carbocycles. The molecule has 2 heterocycles. The van der Waals surface area contributed by atoms with Crippen LogP contribution in [0.5, 0.6) is 5.75 Å². The quantitative estimate of drug-likeness (QED) is 0.687. The van der Waals surface area contributed by atoms with Gasteiger partial charge in [-0.3, -0.25) is 0 Å². The van der Waals surface area contributed by atoms with Crippen LogP contribution < -0.4 is 10.1 Å². The molecular formula is C16H14N2O. The van der Waals surface area contributed by atoms with Crippen molar-refractivity contribution in [3.63, 3.8) is 0 Å². The van der Waals surface area contributed by atoms with Crippen LogP contribution in [0.15, 0.2) is 42.6 Å². The van der Waals surface area contributed by atoms with Gasteiger partial charge in [0.15, 0.2) is 6.73 Å². The Bertz CT molecular complexity index is 774. The summed E-state index contributed by atoms with van der Waals surface area (Å²) in [5.74, 6) is 0.930. The first-order chi connectivity index (χ1) is 9.33. The lowest BCUT2D eigenvalue weighted by molar-refractivity contribution is 0.372. The van der Waals surface area contributed by atoms with Gasteiger partial charge in [-0.15, -0.1) is 0 Å². The summed E-state index contributed by atoms with van der Waals surface area (Å²) in [6.45, 7) is 2.69. The summed E-state index contributed by atoms with van der Waals surface area (Å²) in [5.41, 5.74) is 5.98. The topological polar surface area (TPSA) is 37.0 Å². The average Bonchev–Trinajstić information content (AvgIpc) is 3.04. The lowest BCUT2D eigenvalue weighted by Crippen LogP contribution is -1.96. The van der Waals surface area contributed by atoms with Crippen LogP contribution in [-0.4, -0.2) is 11.7 Å². The number of nitrogens with one attached hydrogen (secondary N) is 2. The normalized spacial score (nSPS) is 13.1. The summed E-state index contributed by atoms with van der Waals surface area (Å²) in [7, 11) is 0. The minimum Gasteiger partial charge on any atom is -0.471 e. The molecule has 3 nitrogen and oxygen atoms in total. The van der Waals surface area contributed by atoms with Crippen LogP contribution >= 0.6 is 0 Å². The second-order valence-electron chi connectivity index (χ2n) is 4.88. The van der Waals surface area contributed by atoms with Crippen LogP contribution in [-0.2, 0) is 0 Å². The van der Waals surface area contributed by atoms with Crippen molar-refractivity contribution in [2.24, 2.45) is 0 Å². The molecule has 4 rings (SSSR count). The SMILES string of the molecule is Cc1cccc2c(-c3ccc4c(c3)NCO4)c[nH]c12. The Labute approximate surface area is 111 Å². The minimum atomic E-state index is 0.561. The van der Waals surface area contributed by atoms with E-state index in [1.54, 1.807) is 0 Å². The van der Waals surface area contributed by atoms with E-state index in [9.17, 15) is 0 Å². The highest BCUT2D eigenvalue weighted by Crippen LogP contribution is 2.36. The van der Waals surface area contributed by atoms with Gasteiger partial charge in [-0.25, -0.2) is 0 Å². The summed E-state index contributed by atoms with van der Waals surface area (Å²) >= 11 is 0. The fourth-order valence-electron chi connectivity index (χ4n) is 2.70. The van der Waals surface area contributed by atoms with Crippen molar-refractivity contribution in [3.05, 3.63) is 48.2 Å². The largest absolute Gasteiger partial charge is 0.471 e. The molecule has 1 aromatic heterocycles. The van der Waals surface area contributed by atoms with Crippen molar-refractivity contribution < 1.29 is 4.74 Å². The standard InChI is InChI=1S/C16H14N2O/c1-10-3-2-4-12-13(8-17-16(10)12)11-5-6-15-14(7-11)18-9-19-15/h2-8,17-18H,9H2,1H3. The Morgan fingerprint density at radius 1 is 1.16 bits per heavy atom. The van der Waals surface area contributed by atoms with Crippen LogP contribution in [0.2, 0.25) is 0 Å². The summed E-state index contributed by atoms with van der Waals surface area (Å²) in [6.07, 6.45) is 2.08. The maximum absolute atomic E-state index is 5.46. The number of H-pyrrole nitrogens is 1. The van der Waals surface area contributed by atoms with E-state index in [4.69, 9.17) is 4.74 Å². The number of aromatic amines is 1. The van der Waals surface area contributed by atoms with Gasteiger partial charge < -0.3 is 15.0 Å². The predicted molar refractivity (Wildman–Crippen MR) is 77.6 cm³/mol. The van der Waals surface area contributed by atoms with E-state index in [1.165, 1.54) is 27.6 Å². The van der Waals surface area contributed by atoms with Gasteiger partial charge >= 0.3 is 0 Å². The zero-order valence-electron chi connectivity index (χ0n) is 10.7. The van der Waals surface area contributed by atoms with Crippen LogP contribution in [0.3, 0.4) is 0 Å². The first-order valence-corrected chi connectivity index (χ1v) is 6.41. The number of hydrogen-bond donors (Lipinski definition) is 2. The number of hydrogen-bond acceptors (Lipinski definition) is 2. The molecule has 94 valence electrons. The van der Waals surface area contributed by atoms with Crippen molar-refractivity contribution in [3.8, 4) is 16.9 Å². The van der Waals surface area contributed by atoms with E-state index in [0.29, 0.717) is 6.73 Å². The molecule has 0 unspecified atom stereocenters. The number of aryl methyl sites for hydroxylation is 1. The van der Waals surface area contributed by atoms with E-state index in [0.717, 1.165) is 11.4 Å². The smallest absolute Gasteiger partial charge is 0.159 e. The van der Waals surface area contributed by atoms with Crippen LogP contribution in [0.25, 0.3) is 22.0 Å². The number of anilines is 1. The van der Waals surface area contributed by atoms with Crippen molar-refractivity contribution >= 4 is 16.6 Å². The van der Waals surface area contributed by atoms with Gasteiger partial charge in [-0.2, -0.15) is 0 Å². The molecule has 1 aliphatic heterocycles. The Morgan fingerprint density at radius 3 is 3.05 bits per heavy atom. The molecule has 0 fully saturated rings. The molecule has 0 spiro atoms. The molecule has 0 saturated carbocycles. The molecule has 0 amide bonds. The highest BCUT2D eigenvalue weighted by atomic mass is 16.5. The van der Waals surface area contributed by atoms with Crippen LogP contribution in [0.1, 0.15) is 5.56 Å². The molecule has 19 heavy (non-hydrogen) atoms. The average molecular weight is 250 g/mol. The molecule has 3 aromatic rings. The second-order valence-corrected chi connectivity index (χ2v) is 4.88. The number of aromatic nitrogens is 1. The molecular weight excluding hydrogens is 236 g/mol. The molecule has 1 aliphatic rings. The molecule has 3 heteroatoms. The third kappa shape index (κ3) is 1.51. The molecule has 0 bridgehead atoms. The maximum Gasteiger partial charge on any atom is 0.159 e. The summed E-state index contributed by atoms with van der Waals surface area (Å²) in [5, 5.41) is 4.49. The predicted octanol–water partition coefficient (Wildman–Crippen LogP) is 3.91. The lowest BCUT2D eigenvalue weighted by atomic mass is 10.0. The molecule has 0 atom stereocenters. The Morgan fingerprint density at radius 2 is 2.11 bits per heavy atom. The number of para-hydroxylation sites is 1. The van der Waals surface area contributed by atoms with Crippen molar-refractivity contribution in [1.82, 2.24) is 4.98 Å². The zero-order chi connectivity index (χ0) is 12.8. The Hall–Kier alpha value is -2.42. The van der Waals surface area contributed by atoms with Gasteiger partial charge in [0.25, 0.3) is 0 Å². The summed E-state index contributed by atoms with van der Waals surface area (Å²) in [4.78, 5) is 3.37. The number of ether oxygens (including phenoxy) is 1. The van der Waals surface area contributed by atoms with Gasteiger partial charge in [-0.1, -0.05) is 24.3 Å². The molecule has 0 radical (unpaired) electrons. The fourth-order valence-corrected chi connectivity index (χ4v) is 2.70. The van der Waals surface area contributed by atoms with Crippen molar-refractivity contribution in [2.75, 3.05) is 12.0 Å². The third-order valence-electron chi connectivity index (χ3n) is 3.70. The molecule has 0 saturated heterocycles. The summed E-state index contributed by atoms with van der Waals surface area (Å²) < 4.78 is 5.46. The van der Waals surface area contributed by atoms with Crippen LogP contribution in [0, 0.1) is 6.92 Å².